The van der Waals surface area contributed by atoms with Crippen LogP contribution in [-0.2, 0) is 27.2 Å². The second-order valence-electron chi connectivity index (χ2n) is 7.70. The number of hydrogen-bond donors (Lipinski definition) is 2. The van der Waals surface area contributed by atoms with Gasteiger partial charge in [0, 0.05) is 12.7 Å². The molecule has 0 spiro atoms. The van der Waals surface area contributed by atoms with Crippen molar-refractivity contribution in [3.63, 3.8) is 0 Å². The summed E-state index contributed by atoms with van der Waals surface area (Å²) in [6, 6.07) is 16.3. The molecule has 2 rings (SSSR count). The van der Waals surface area contributed by atoms with E-state index in [0.29, 0.717) is 0 Å². The summed E-state index contributed by atoms with van der Waals surface area (Å²) in [5, 5.41) is 5.69. The highest BCUT2D eigenvalue weighted by Crippen LogP contribution is 2.15. The molecule has 3 amide bonds. The lowest BCUT2D eigenvalue weighted by Gasteiger charge is -2.27. The first-order valence-corrected chi connectivity index (χ1v) is 10.3. The van der Waals surface area contributed by atoms with Crippen LogP contribution < -0.4 is 10.6 Å². The van der Waals surface area contributed by atoms with E-state index in [1.54, 1.807) is 7.05 Å². The molecular weight excluding hydrogens is 378 g/mol. The van der Waals surface area contributed by atoms with Crippen LogP contribution in [0.4, 0.5) is 5.69 Å². The van der Waals surface area contributed by atoms with Crippen LogP contribution in [0.25, 0.3) is 0 Å². The Morgan fingerprint density at radius 3 is 2.20 bits per heavy atom. The topological polar surface area (TPSA) is 78.5 Å². The third-order valence-electron chi connectivity index (χ3n) is 4.89. The van der Waals surface area contributed by atoms with Gasteiger partial charge in [-0.15, -0.1) is 0 Å². The molecule has 160 valence electrons. The number of carbonyl (C=O) groups is 3. The molecule has 0 radical (unpaired) electrons. The van der Waals surface area contributed by atoms with E-state index >= 15 is 0 Å². The molecule has 0 saturated heterocycles. The van der Waals surface area contributed by atoms with Gasteiger partial charge in [0.15, 0.2) is 0 Å². The van der Waals surface area contributed by atoms with Gasteiger partial charge in [-0.1, -0.05) is 69.3 Å². The molecule has 0 aliphatic rings. The van der Waals surface area contributed by atoms with Crippen molar-refractivity contribution in [1.82, 2.24) is 10.2 Å². The van der Waals surface area contributed by atoms with Crippen molar-refractivity contribution in [2.24, 2.45) is 5.92 Å². The number of benzene rings is 2. The standard InChI is InChI=1S/C24H31N3O3/c1-5-19-13-9-10-14-20(19)25-22(29)16-27(4)24(30)23(17(2)3)26-21(28)15-18-11-7-6-8-12-18/h6-14,17,23H,5,15-16H2,1-4H3,(H,25,29)(H,26,28). The molecule has 0 aliphatic heterocycles. The largest absolute Gasteiger partial charge is 0.344 e. The van der Waals surface area contributed by atoms with Crippen molar-refractivity contribution >= 4 is 23.4 Å². The van der Waals surface area contributed by atoms with Gasteiger partial charge in [0.2, 0.25) is 17.7 Å². The summed E-state index contributed by atoms with van der Waals surface area (Å²) in [6.45, 7) is 5.67. The van der Waals surface area contributed by atoms with E-state index in [9.17, 15) is 14.4 Å². The number of nitrogens with one attached hydrogen (secondary N) is 2. The number of para-hydroxylation sites is 1. The predicted molar refractivity (Wildman–Crippen MR) is 119 cm³/mol. The molecular formula is C24H31N3O3. The summed E-state index contributed by atoms with van der Waals surface area (Å²) in [5.74, 6) is -0.887. The van der Waals surface area contributed by atoms with Gasteiger partial charge < -0.3 is 15.5 Å². The number of carbonyl (C=O) groups excluding carboxylic acids is 3. The maximum Gasteiger partial charge on any atom is 0.245 e. The van der Waals surface area contributed by atoms with Crippen LogP contribution in [0.3, 0.4) is 0 Å². The molecule has 0 aliphatic carbocycles. The number of hydrogen-bond acceptors (Lipinski definition) is 3. The van der Waals surface area contributed by atoms with Crippen molar-refractivity contribution in [2.75, 3.05) is 18.9 Å². The molecule has 6 nitrogen and oxygen atoms in total. The zero-order valence-corrected chi connectivity index (χ0v) is 18.1. The molecule has 0 aromatic heterocycles. The zero-order chi connectivity index (χ0) is 22.1. The van der Waals surface area contributed by atoms with Gasteiger partial charge in [0.25, 0.3) is 0 Å². The minimum atomic E-state index is -0.693. The van der Waals surface area contributed by atoms with E-state index in [-0.39, 0.29) is 36.6 Å². The highest BCUT2D eigenvalue weighted by molar-refractivity contribution is 5.96. The molecule has 1 atom stereocenters. The van der Waals surface area contributed by atoms with Crippen LogP contribution in [0.15, 0.2) is 54.6 Å². The molecule has 1 unspecified atom stereocenters. The Kier molecular flexibility index (Phi) is 8.59. The lowest BCUT2D eigenvalue weighted by Crippen LogP contribution is -2.51. The Hall–Kier alpha value is -3.15. The Bertz CT molecular complexity index is 865. The monoisotopic (exact) mass is 409 g/mol. The first-order valence-electron chi connectivity index (χ1n) is 10.3. The summed E-state index contributed by atoms with van der Waals surface area (Å²) >= 11 is 0. The Balaban J connectivity index is 1.96. The Morgan fingerprint density at radius 2 is 1.57 bits per heavy atom. The van der Waals surface area contributed by atoms with Crippen molar-refractivity contribution in [2.45, 2.75) is 39.7 Å². The average molecular weight is 410 g/mol. The minimum Gasteiger partial charge on any atom is -0.344 e. The quantitative estimate of drug-likeness (QED) is 0.668. The predicted octanol–water partition coefficient (Wildman–Crippen LogP) is 3.03. The maximum absolute atomic E-state index is 12.9. The number of anilines is 1. The molecule has 2 aromatic rings. The zero-order valence-electron chi connectivity index (χ0n) is 18.1. The normalized spacial score (nSPS) is 11.6. The number of rotatable bonds is 9. The number of nitrogens with zero attached hydrogens (tertiary/aromatic N) is 1. The highest BCUT2D eigenvalue weighted by Gasteiger charge is 2.28. The molecule has 0 fully saturated rings. The van der Waals surface area contributed by atoms with Crippen LogP contribution in [0.2, 0.25) is 0 Å². The first kappa shape index (κ1) is 23.1. The first-order chi connectivity index (χ1) is 14.3. The van der Waals surface area contributed by atoms with Gasteiger partial charge in [0.05, 0.1) is 13.0 Å². The summed E-state index contributed by atoms with van der Waals surface area (Å²) in [5.41, 5.74) is 2.67. The van der Waals surface area contributed by atoms with E-state index in [0.717, 1.165) is 23.2 Å². The van der Waals surface area contributed by atoms with Crippen molar-refractivity contribution in [3.8, 4) is 0 Å². The lowest BCUT2D eigenvalue weighted by atomic mass is 10.0. The minimum absolute atomic E-state index is 0.0886. The van der Waals surface area contributed by atoms with Crippen LogP contribution in [0.1, 0.15) is 31.9 Å². The van der Waals surface area contributed by atoms with Crippen molar-refractivity contribution in [1.29, 1.82) is 0 Å². The van der Waals surface area contributed by atoms with E-state index in [1.165, 1.54) is 4.90 Å². The maximum atomic E-state index is 12.9. The second-order valence-corrected chi connectivity index (χ2v) is 7.70. The summed E-state index contributed by atoms with van der Waals surface area (Å²) in [4.78, 5) is 39.2. The average Bonchev–Trinajstić information content (AvgIpc) is 2.72. The highest BCUT2D eigenvalue weighted by atomic mass is 16.2. The van der Waals surface area contributed by atoms with E-state index in [4.69, 9.17) is 0 Å². The summed E-state index contributed by atoms with van der Waals surface area (Å²) < 4.78 is 0. The third-order valence-corrected chi connectivity index (χ3v) is 4.89. The molecule has 0 bridgehead atoms. The van der Waals surface area contributed by atoms with Crippen LogP contribution >= 0.6 is 0 Å². The third kappa shape index (κ3) is 6.72. The van der Waals surface area contributed by atoms with Gasteiger partial charge in [-0.2, -0.15) is 0 Å². The fourth-order valence-electron chi connectivity index (χ4n) is 3.19. The lowest BCUT2D eigenvalue weighted by molar-refractivity contribution is -0.138. The van der Waals surface area contributed by atoms with E-state index < -0.39 is 6.04 Å². The molecule has 6 heteroatoms. The van der Waals surface area contributed by atoms with Crippen LogP contribution in [0.5, 0.6) is 0 Å². The fraction of sp³-hybridized carbons (Fsp3) is 0.375. The van der Waals surface area contributed by atoms with Gasteiger partial charge >= 0.3 is 0 Å². The number of amides is 3. The molecule has 0 saturated carbocycles. The second kappa shape index (κ2) is 11.1. The Morgan fingerprint density at radius 1 is 0.933 bits per heavy atom. The fourth-order valence-corrected chi connectivity index (χ4v) is 3.19. The summed E-state index contributed by atoms with van der Waals surface area (Å²) in [6.07, 6.45) is 1.00. The van der Waals surface area contributed by atoms with E-state index in [2.05, 4.69) is 10.6 Å². The smallest absolute Gasteiger partial charge is 0.245 e. The van der Waals surface area contributed by atoms with Crippen LogP contribution in [-0.4, -0.2) is 42.3 Å². The number of likely N-dealkylation sites (N-methyl/N-ethyl adjacent to an activating group) is 1. The van der Waals surface area contributed by atoms with Crippen molar-refractivity contribution in [3.05, 3.63) is 65.7 Å². The van der Waals surface area contributed by atoms with Gasteiger partial charge in [-0.3, -0.25) is 14.4 Å². The van der Waals surface area contributed by atoms with Gasteiger partial charge in [0.1, 0.15) is 6.04 Å². The SMILES string of the molecule is CCc1ccccc1NC(=O)CN(C)C(=O)C(NC(=O)Cc1ccccc1)C(C)C. The number of aryl methyl sites for hydroxylation is 1. The Labute approximate surface area is 178 Å². The molecule has 2 aromatic carbocycles. The molecule has 30 heavy (non-hydrogen) atoms. The van der Waals surface area contributed by atoms with E-state index in [1.807, 2.05) is 75.4 Å². The molecule has 2 N–H and O–H groups in total. The van der Waals surface area contributed by atoms with Crippen LogP contribution in [0, 0.1) is 5.92 Å². The molecule has 0 heterocycles. The van der Waals surface area contributed by atoms with Crippen molar-refractivity contribution < 1.29 is 14.4 Å². The van der Waals surface area contributed by atoms with Gasteiger partial charge in [-0.25, -0.2) is 0 Å². The van der Waals surface area contributed by atoms with Gasteiger partial charge in [-0.05, 0) is 29.5 Å². The summed E-state index contributed by atoms with van der Waals surface area (Å²) in [7, 11) is 1.58.